The lowest BCUT2D eigenvalue weighted by atomic mass is 10.0. The summed E-state index contributed by atoms with van der Waals surface area (Å²) in [6.07, 6.45) is 0. The zero-order valence-corrected chi connectivity index (χ0v) is 9.03. The molecule has 0 atom stereocenters. The summed E-state index contributed by atoms with van der Waals surface area (Å²) in [7, 11) is 1.30. The van der Waals surface area contributed by atoms with Gasteiger partial charge < -0.3 is 10.1 Å². The number of carbonyl (C=O) groups excluding carboxylic acids is 2. The molecule has 1 amide bonds. The Morgan fingerprint density at radius 3 is 2.69 bits per heavy atom. The van der Waals surface area contributed by atoms with E-state index in [2.05, 4.69) is 10.1 Å². The first-order chi connectivity index (χ1) is 7.65. The maximum atomic E-state index is 11.7. The van der Waals surface area contributed by atoms with E-state index in [-0.39, 0.29) is 5.91 Å². The fraction of sp³-hybridized carbons (Fsp3) is 0.167. The first-order valence-corrected chi connectivity index (χ1v) is 4.85. The molecule has 16 heavy (non-hydrogen) atoms. The topological polar surface area (TPSA) is 55.4 Å². The number of nitrogens with one attached hydrogen (secondary N) is 1. The van der Waals surface area contributed by atoms with E-state index in [0.717, 1.165) is 11.3 Å². The van der Waals surface area contributed by atoms with Crippen LogP contribution >= 0.6 is 0 Å². The van der Waals surface area contributed by atoms with Crippen LogP contribution in [0.25, 0.3) is 5.57 Å². The molecule has 1 aliphatic rings. The van der Waals surface area contributed by atoms with Crippen molar-refractivity contribution >= 4 is 23.1 Å². The second-order valence-electron chi connectivity index (χ2n) is 3.49. The molecule has 1 N–H and O–H groups in total. The van der Waals surface area contributed by atoms with Crippen LogP contribution in [0.1, 0.15) is 12.5 Å². The summed E-state index contributed by atoms with van der Waals surface area (Å²) in [5.41, 5.74) is 2.19. The average Bonchev–Trinajstić information content (AvgIpc) is 2.63. The summed E-state index contributed by atoms with van der Waals surface area (Å²) in [6.45, 7) is 1.59. The molecule has 0 unspecified atom stereocenters. The van der Waals surface area contributed by atoms with Crippen LogP contribution in [0, 0.1) is 0 Å². The molecule has 82 valence electrons. The van der Waals surface area contributed by atoms with Gasteiger partial charge in [0.15, 0.2) is 0 Å². The number of carbonyl (C=O) groups is 2. The number of amides is 1. The van der Waals surface area contributed by atoms with Crippen molar-refractivity contribution in [1.29, 1.82) is 0 Å². The summed E-state index contributed by atoms with van der Waals surface area (Å²) in [4.78, 5) is 23.1. The second-order valence-corrected chi connectivity index (χ2v) is 3.49. The highest BCUT2D eigenvalue weighted by molar-refractivity contribution is 6.34. The van der Waals surface area contributed by atoms with Gasteiger partial charge >= 0.3 is 5.97 Å². The standard InChI is InChI=1S/C12H11NO3/c1-7(12(15)16-2)10-8-5-3-4-6-9(8)13-11(10)14/h3-6H,1-2H3,(H,13,14)/b10-7+. The predicted octanol–water partition coefficient (Wildman–Crippen LogP) is 1.59. The van der Waals surface area contributed by atoms with Gasteiger partial charge in [0.2, 0.25) is 0 Å². The van der Waals surface area contributed by atoms with Crippen molar-refractivity contribution in [3.8, 4) is 0 Å². The lowest BCUT2D eigenvalue weighted by Crippen LogP contribution is -2.10. The summed E-state index contributed by atoms with van der Waals surface area (Å²) in [6, 6.07) is 7.25. The Balaban J connectivity index is 2.59. The summed E-state index contributed by atoms with van der Waals surface area (Å²) >= 11 is 0. The molecule has 2 rings (SSSR count). The first-order valence-electron chi connectivity index (χ1n) is 4.85. The normalized spacial score (nSPS) is 16.5. The van der Waals surface area contributed by atoms with Crippen LogP contribution in [-0.4, -0.2) is 19.0 Å². The number of anilines is 1. The largest absolute Gasteiger partial charge is 0.466 e. The third-order valence-corrected chi connectivity index (χ3v) is 2.54. The van der Waals surface area contributed by atoms with Gasteiger partial charge in [-0.1, -0.05) is 18.2 Å². The van der Waals surface area contributed by atoms with Gasteiger partial charge in [-0.25, -0.2) is 4.79 Å². The minimum absolute atomic E-state index is 0.260. The Morgan fingerprint density at radius 1 is 1.31 bits per heavy atom. The molecule has 0 bridgehead atoms. The van der Waals surface area contributed by atoms with E-state index in [0.29, 0.717) is 11.1 Å². The lowest BCUT2D eigenvalue weighted by Gasteiger charge is -2.02. The molecule has 1 aliphatic heterocycles. The van der Waals surface area contributed by atoms with E-state index in [1.165, 1.54) is 7.11 Å². The molecular weight excluding hydrogens is 206 g/mol. The third-order valence-electron chi connectivity index (χ3n) is 2.54. The van der Waals surface area contributed by atoms with E-state index in [4.69, 9.17) is 0 Å². The first kappa shape index (κ1) is 10.4. The fourth-order valence-corrected chi connectivity index (χ4v) is 1.74. The van der Waals surface area contributed by atoms with Crippen molar-refractivity contribution in [2.75, 3.05) is 12.4 Å². The summed E-state index contributed by atoms with van der Waals surface area (Å²) in [5, 5.41) is 2.70. The average molecular weight is 217 g/mol. The van der Waals surface area contributed by atoms with Gasteiger partial charge in [0, 0.05) is 16.8 Å². The van der Waals surface area contributed by atoms with Crippen molar-refractivity contribution in [2.45, 2.75) is 6.92 Å². The van der Waals surface area contributed by atoms with Gasteiger partial charge in [-0.15, -0.1) is 0 Å². The van der Waals surface area contributed by atoms with Gasteiger partial charge in [-0.05, 0) is 13.0 Å². The van der Waals surface area contributed by atoms with Crippen molar-refractivity contribution in [2.24, 2.45) is 0 Å². The van der Waals surface area contributed by atoms with Crippen LogP contribution in [-0.2, 0) is 14.3 Å². The molecule has 1 aromatic rings. The molecule has 1 heterocycles. The fourth-order valence-electron chi connectivity index (χ4n) is 1.74. The van der Waals surface area contributed by atoms with Crippen LogP contribution < -0.4 is 5.32 Å². The minimum atomic E-state index is -0.484. The maximum Gasteiger partial charge on any atom is 0.334 e. The monoisotopic (exact) mass is 217 g/mol. The highest BCUT2D eigenvalue weighted by atomic mass is 16.5. The SMILES string of the molecule is COC(=O)/C(C)=C1/C(=O)Nc2ccccc21. The lowest BCUT2D eigenvalue weighted by molar-refractivity contribution is -0.136. The number of benzene rings is 1. The Labute approximate surface area is 92.9 Å². The van der Waals surface area contributed by atoms with Crippen molar-refractivity contribution in [3.05, 3.63) is 35.4 Å². The van der Waals surface area contributed by atoms with Crippen LogP contribution in [0.3, 0.4) is 0 Å². The Morgan fingerprint density at radius 2 is 2.00 bits per heavy atom. The zero-order chi connectivity index (χ0) is 11.7. The number of esters is 1. The highest BCUT2D eigenvalue weighted by Crippen LogP contribution is 2.33. The highest BCUT2D eigenvalue weighted by Gasteiger charge is 2.27. The van der Waals surface area contributed by atoms with Gasteiger partial charge in [-0.3, -0.25) is 4.79 Å². The number of hydrogen-bond acceptors (Lipinski definition) is 3. The van der Waals surface area contributed by atoms with Crippen LogP contribution in [0.15, 0.2) is 29.8 Å². The summed E-state index contributed by atoms with van der Waals surface area (Å²) < 4.78 is 4.61. The second kappa shape index (κ2) is 3.81. The molecule has 4 heteroatoms. The van der Waals surface area contributed by atoms with E-state index < -0.39 is 5.97 Å². The van der Waals surface area contributed by atoms with Crippen LogP contribution in [0.4, 0.5) is 5.69 Å². The molecule has 0 radical (unpaired) electrons. The van der Waals surface area contributed by atoms with Gasteiger partial charge in [0.1, 0.15) is 0 Å². The van der Waals surface area contributed by atoms with Crippen molar-refractivity contribution in [3.63, 3.8) is 0 Å². The Bertz CT molecular complexity index is 503. The Hall–Kier alpha value is -2.10. The number of fused-ring (bicyclic) bond motifs is 1. The molecule has 4 nitrogen and oxygen atoms in total. The number of rotatable bonds is 1. The predicted molar refractivity (Wildman–Crippen MR) is 59.7 cm³/mol. The summed E-state index contributed by atoms with van der Waals surface area (Å²) in [5.74, 6) is -0.744. The van der Waals surface area contributed by atoms with Gasteiger partial charge in [0.25, 0.3) is 5.91 Å². The van der Waals surface area contributed by atoms with Crippen molar-refractivity contribution < 1.29 is 14.3 Å². The minimum Gasteiger partial charge on any atom is -0.466 e. The molecule has 0 saturated carbocycles. The van der Waals surface area contributed by atoms with E-state index in [9.17, 15) is 9.59 Å². The zero-order valence-electron chi connectivity index (χ0n) is 9.03. The molecule has 0 saturated heterocycles. The van der Waals surface area contributed by atoms with Crippen molar-refractivity contribution in [1.82, 2.24) is 0 Å². The van der Waals surface area contributed by atoms with E-state index >= 15 is 0 Å². The van der Waals surface area contributed by atoms with Crippen LogP contribution in [0.2, 0.25) is 0 Å². The molecule has 1 aromatic carbocycles. The van der Waals surface area contributed by atoms with Gasteiger partial charge in [-0.2, -0.15) is 0 Å². The quantitative estimate of drug-likeness (QED) is 0.574. The number of methoxy groups -OCH3 is 1. The maximum absolute atomic E-state index is 11.7. The smallest absolute Gasteiger partial charge is 0.334 e. The molecule has 0 spiro atoms. The van der Waals surface area contributed by atoms with E-state index in [1.807, 2.05) is 12.1 Å². The number of para-hydroxylation sites is 1. The number of hydrogen-bond donors (Lipinski definition) is 1. The molecule has 0 aliphatic carbocycles. The third kappa shape index (κ3) is 1.48. The van der Waals surface area contributed by atoms with Crippen LogP contribution in [0.5, 0.6) is 0 Å². The molecule has 0 aromatic heterocycles. The molecule has 0 fully saturated rings. The van der Waals surface area contributed by atoms with E-state index in [1.54, 1.807) is 19.1 Å². The number of ether oxygens (including phenoxy) is 1. The Kier molecular flexibility index (Phi) is 2.48. The molecular formula is C12H11NO3. The van der Waals surface area contributed by atoms with Gasteiger partial charge in [0.05, 0.1) is 12.7 Å².